The molecule has 0 fully saturated rings. The van der Waals surface area contributed by atoms with Crippen molar-refractivity contribution in [3.8, 4) is 0 Å². The van der Waals surface area contributed by atoms with Gasteiger partial charge in [-0.2, -0.15) is 0 Å². The van der Waals surface area contributed by atoms with Crippen LogP contribution in [0.2, 0.25) is 0 Å². The molecule has 0 nitrogen and oxygen atoms in total. The summed E-state index contributed by atoms with van der Waals surface area (Å²) in [6.07, 6.45) is 7.83. The average molecular weight is 187 g/mol. The highest BCUT2D eigenvalue weighted by molar-refractivity contribution is 6.17. The fourth-order valence-corrected chi connectivity index (χ4v) is 1.10. The third-order valence-corrected chi connectivity index (χ3v) is 1.91. The van der Waals surface area contributed by atoms with Crippen molar-refractivity contribution in [2.45, 2.75) is 40.0 Å². The van der Waals surface area contributed by atoms with Gasteiger partial charge >= 0.3 is 0 Å². The number of alkyl halides is 1. The normalized spacial score (nSPS) is 11.5. The lowest BCUT2D eigenvalue weighted by atomic mass is 10.1. The van der Waals surface area contributed by atoms with Crippen molar-refractivity contribution in [1.29, 1.82) is 0 Å². The first-order valence-electron chi connectivity index (χ1n) is 4.51. The largest absolute Gasteiger partial charge is 0.126 e. The van der Waals surface area contributed by atoms with Gasteiger partial charge in [-0.15, -0.1) is 11.6 Å². The van der Waals surface area contributed by atoms with Gasteiger partial charge in [-0.25, -0.2) is 0 Å². The second kappa shape index (κ2) is 7.42. The number of allylic oxidation sites excluding steroid dienone is 4. The second-order valence-corrected chi connectivity index (χ2v) is 3.73. The summed E-state index contributed by atoms with van der Waals surface area (Å²) in [5.41, 5.74) is 2.85. The third-order valence-electron chi connectivity index (χ3n) is 1.69. The molecule has 0 N–H and O–H groups in total. The molecule has 70 valence electrons. The quantitative estimate of drug-likeness (QED) is 0.444. The molecule has 0 bridgehead atoms. The van der Waals surface area contributed by atoms with Crippen LogP contribution in [0.15, 0.2) is 23.3 Å². The van der Waals surface area contributed by atoms with E-state index in [9.17, 15) is 0 Å². The van der Waals surface area contributed by atoms with Gasteiger partial charge in [0.15, 0.2) is 0 Å². The fourth-order valence-electron chi connectivity index (χ4n) is 0.992. The van der Waals surface area contributed by atoms with E-state index in [0.29, 0.717) is 0 Å². The van der Waals surface area contributed by atoms with E-state index < -0.39 is 0 Å². The van der Waals surface area contributed by atoms with Crippen LogP contribution in [0.25, 0.3) is 0 Å². The molecule has 0 saturated carbocycles. The maximum atomic E-state index is 5.57. The van der Waals surface area contributed by atoms with Gasteiger partial charge in [0.25, 0.3) is 0 Å². The summed E-state index contributed by atoms with van der Waals surface area (Å²) in [6.45, 7) is 6.45. The van der Waals surface area contributed by atoms with Crippen molar-refractivity contribution in [3.05, 3.63) is 23.3 Å². The molecule has 0 spiro atoms. The Morgan fingerprint density at radius 3 is 2.25 bits per heavy atom. The van der Waals surface area contributed by atoms with Crippen molar-refractivity contribution in [2.75, 3.05) is 5.88 Å². The molecule has 0 aliphatic heterocycles. The molecule has 0 atom stereocenters. The highest BCUT2D eigenvalue weighted by atomic mass is 35.5. The summed E-state index contributed by atoms with van der Waals surface area (Å²) in [5.74, 6) is 0.736. The Bertz CT molecular complexity index is 162. The topological polar surface area (TPSA) is 0 Å². The highest BCUT2D eigenvalue weighted by Gasteiger charge is 1.87. The van der Waals surface area contributed by atoms with Gasteiger partial charge in [-0.1, -0.05) is 23.3 Å². The summed E-state index contributed by atoms with van der Waals surface area (Å²) in [6, 6.07) is 0. The standard InChI is InChI=1S/C11H19Cl/c1-10(2)6-4-7-11(3)8-5-9-12/h6,8H,4-5,7,9H2,1-3H3/b11-8-. The molecule has 0 saturated heterocycles. The Hall–Kier alpha value is -0.230. The maximum absolute atomic E-state index is 5.57. The molecule has 0 aromatic rings. The van der Waals surface area contributed by atoms with Crippen molar-refractivity contribution in [1.82, 2.24) is 0 Å². The molecule has 1 heteroatoms. The van der Waals surface area contributed by atoms with Crippen LogP contribution in [-0.4, -0.2) is 5.88 Å². The number of hydrogen-bond donors (Lipinski definition) is 0. The van der Waals surface area contributed by atoms with Crippen LogP contribution in [0.4, 0.5) is 0 Å². The number of hydrogen-bond acceptors (Lipinski definition) is 0. The molecule has 0 aliphatic carbocycles. The average Bonchev–Trinajstić information content (AvgIpc) is 2.00. The van der Waals surface area contributed by atoms with Crippen molar-refractivity contribution < 1.29 is 0 Å². The second-order valence-electron chi connectivity index (χ2n) is 3.35. The van der Waals surface area contributed by atoms with Crippen LogP contribution in [0.3, 0.4) is 0 Å². The lowest BCUT2D eigenvalue weighted by Gasteiger charge is -1.97. The zero-order chi connectivity index (χ0) is 9.40. The number of halogens is 1. The summed E-state index contributed by atoms with van der Waals surface area (Å²) in [5, 5.41) is 0. The van der Waals surface area contributed by atoms with E-state index in [1.807, 2.05) is 0 Å². The Morgan fingerprint density at radius 1 is 1.08 bits per heavy atom. The first-order valence-corrected chi connectivity index (χ1v) is 5.05. The van der Waals surface area contributed by atoms with E-state index in [1.54, 1.807) is 0 Å². The maximum Gasteiger partial charge on any atom is 0.0258 e. The minimum Gasteiger partial charge on any atom is -0.126 e. The zero-order valence-corrected chi connectivity index (χ0v) is 9.12. The van der Waals surface area contributed by atoms with Gasteiger partial charge < -0.3 is 0 Å². The lowest BCUT2D eigenvalue weighted by molar-refractivity contribution is 0.953. The Labute approximate surface area is 81.3 Å². The molecule has 0 aromatic heterocycles. The minimum atomic E-state index is 0.736. The summed E-state index contributed by atoms with van der Waals surface area (Å²) < 4.78 is 0. The van der Waals surface area contributed by atoms with Crippen LogP contribution >= 0.6 is 11.6 Å². The number of rotatable bonds is 5. The van der Waals surface area contributed by atoms with E-state index in [2.05, 4.69) is 32.9 Å². The summed E-state index contributed by atoms with van der Waals surface area (Å²) in [4.78, 5) is 0. The van der Waals surface area contributed by atoms with Crippen LogP contribution in [-0.2, 0) is 0 Å². The molecule has 12 heavy (non-hydrogen) atoms. The first-order chi connectivity index (χ1) is 5.66. The van der Waals surface area contributed by atoms with Gasteiger partial charge in [0.2, 0.25) is 0 Å². The smallest absolute Gasteiger partial charge is 0.0258 e. The van der Waals surface area contributed by atoms with E-state index in [0.717, 1.165) is 18.7 Å². The van der Waals surface area contributed by atoms with Crippen LogP contribution in [0, 0.1) is 0 Å². The van der Waals surface area contributed by atoms with Gasteiger partial charge in [0.05, 0.1) is 0 Å². The Kier molecular flexibility index (Phi) is 7.28. The first kappa shape index (κ1) is 11.8. The van der Waals surface area contributed by atoms with Gasteiger partial charge in [0, 0.05) is 5.88 Å². The molecule has 0 unspecified atom stereocenters. The Morgan fingerprint density at radius 2 is 1.75 bits per heavy atom. The van der Waals surface area contributed by atoms with E-state index in [1.165, 1.54) is 17.6 Å². The SMILES string of the molecule is CC(C)=CCC/C(C)=C\CCCl. The zero-order valence-electron chi connectivity index (χ0n) is 8.36. The minimum absolute atomic E-state index is 0.736. The van der Waals surface area contributed by atoms with Crippen LogP contribution in [0.5, 0.6) is 0 Å². The van der Waals surface area contributed by atoms with Crippen molar-refractivity contribution in [3.63, 3.8) is 0 Å². The van der Waals surface area contributed by atoms with Crippen molar-refractivity contribution in [2.24, 2.45) is 0 Å². The molecule has 0 heterocycles. The Balaban J connectivity index is 3.56. The van der Waals surface area contributed by atoms with Gasteiger partial charge in [0.1, 0.15) is 0 Å². The molecular formula is C11H19Cl. The third kappa shape index (κ3) is 7.87. The van der Waals surface area contributed by atoms with Gasteiger partial charge in [-0.05, 0) is 40.0 Å². The fraction of sp³-hybridized carbons (Fsp3) is 0.636. The van der Waals surface area contributed by atoms with E-state index >= 15 is 0 Å². The molecule has 0 aromatic carbocycles. The molecular weight excluding hydrogens is 168 g/mol. The monoisotopic (exact) mass is 186 g/mol. The highest BCUT2D eigenvalue weighted by Crippen LogP contribution is 2.07. The van der Waals surface area contributed by atoms with E-state index in [-0.39, 0.29) is 0 Å². The lowest BCUT2D eigenvalue weighted by Crippen LogP contribution is -1.78. The van der Waals surface area contributed by atoms with Crippen molar-refractivity contribution >= 4 is 11.6 Å². The molecule has 0 amide bonds. The molecule has 0 aliphatic rings. The van der Waals surface area contributed by atoms with Crippen LogP contribution in [0.1, 0.15) is 40.0 Å². The predicted molar refractivity (Wildman–Crippen MR) is 57.8 cm³/mol. The molecule has 0 radical (unpaired) electrons. The molecule has 0 rings (SSSR count). The van der Waals surface area contributed by atoms with E-state index in [4.69, 9.17) is 11.6 Å². The predicted octanol–water partition coefficient (Wildman–Crippen LogP) is 4.31. The van der Waals surface area contributed by atoms with Gasteiger partial charge in [-0.3, -0.25) is 0 Å². The summed E-state index contributed by atoms with van der Waals surface area (Å²) >= 11 is 5.57. The van der Waals surface area contributed by atoms with Crippen LogP contribution < -0.4 is 0 Å². The summed E-state index contributed by atoms with van der Waals surface area (Å²) in [7, 11) is 0.